The fourth-order valence-corrected chi connectivity index (χ4v) is 6.08. The maximum Gasteiger partial charge on any atom is 0.407 e. The first-order chi connectivity index (χ1) is 30.4. The third kappa shape index (κ3) is 20.9. The van der Waals surface area contributed by atoms with Crippen LogP contribution in [0.4, 0.5) is 9.18 Å². The van der Waals surface area contributed by atoms with E-state index in [1.807, 2.05) is 46.0 Å². The summed E-state index contributed by atoms with van der Waals surface area (Å²) in [7, 11) is 1.66. The number of aryl methyl sites for hydroxylation is 1. The van der Waals surface area contributed by atoms with Crippen LogP contribution < -0.4 is 20.8 Å². The van der Waals surface area contributed by atoms with Crippen molar-refractivity contribution in [2.24, 2.45) is 0 Å². The summed E-state index contributed by atoms with van der Waals surface area (Å²) in [6.07, 6.45) is 5.34. The third-order valence-electron chi connectivity index (χ3n) is 9.42. The summed E-state index contributed by atoms with van der Waals surface area (Å²) in [5, 5.41) is 6.28. The van der Waals surface area contributed by atoms with E-state index in [2.05, 4.69) is 20.2 Å². The Morgan fingerprint density at radius 3 is 1.94 bits per heavy atom. The molecule has 0 aliphatic heterocycles. The van der Waals surface area contributed by atoms with Crippen LogP contribution in [0.3, 0.4) is 0 Å². The molecule has 2 N–H and O–H groups in total. The summed E-state index contributed by atoms with van der Waals surface area (Å²) in [5.74, 6) is -0.702. The molecule has 352 valence electrons. The standard InChI is InChI=1S/C45H68FN5O12/c1-34-28-35(8-10-48-34)31-47-32-36-33-51(37-6-7-37)40-30-41(39(46)29-38(40)43(36)53)62-15-12-50(5)42(52)9-13-55-16-18-57-20-22-59-24-26-61-27-25-60-23-21-58-19-17-56-14-11-49-44(54)63-45(2,3)4/h8,10,28-30,33,37,47H,6-7,9,11-27,31-32H2,1-5H3,(H,49,54). The molecule has 17 nitrogen and oxygen atoms in total. The molecule has 2 aromatic heterocycles. The van der Waals surface area contributed by atoms with Gasteiger partial charge in [0.05, 0.1) is 111 Å². The average molecular weight is 890 g/mol. The van der Waals surface area contributed by atoms with E-state index in [1.54, 1.807) is 19.3 Å². The van der Waals surface area contributed by atoms with Crippen LogP contribution in [-0.2, 0) is 55.8 Å². The van der Waals surface area contributed by atoms with Gasteiger partial charge in [0, 0.05) is 67.8 Å². The summed E-state index contributed by atoms with van der Waals surface area (Å²) < 4.78 is 66.7. The molecule has 1 saturated carbocycles. The number of alkyl carbamates (subject to hydrolysis) is 1. The first-order valence-corrected chi connectivity index (χ1v) is 21.8. The molecule has 18 heteroatoms. The Morgan fingerprint density at radius 1 is 0.810 bits per heavy atom. The molecule has 2 amide bonds. The van der Waals surface area contributed by atoms with Crippen LogP contribution in [0.2, 0.25) is 0 Å². The molecule has 1 aromatic carbocycles. The lowest BCUT2D eigenvalue weighted by molar-refractivity contribution is -0.131. The molecular formula is C45H68FN5O12. The number of benzene rings is 1. The number of amides is 2. The lowest BCUT2D eigenvalue weighted by Gasteiger charge is -2.19. The van der Waals surface area contributed by atoms with E-state index in [1.165, 1.54) is 11.0 Å². The van der Waals surface area contributed by atoms with Crippen molar-refractivity contribution < 1.29 is 56.6 Å². The van der Waals surface area contributed by atoms with E-state index in [0.29, 0.717) is 122 Å². The normalized spacial score (nSPS) is 12.8. The van der Waals surface area contributed by atoms with E-state index in [4.69, 9.17) is 42.6 Å². The van der Waals surface area contributed by atoms with Gasteiger partial charge in [-0.1, -0.05) is 0 Å². The Kier molecular flexibility index (Phi) is 23.2. The van der Waals surface area contributed by atoms with Gasteiger partial charge in [-0.05, 0) is 64.3 Å². The van der Waals surface area contributed by atoms with Gasteiger partial charge in [-0.15, -0.1) is 0 Å². The number of hydrogen-bond donors (Lipinski definition) is 2. The van der Waals surface area contributed by atoms with Gasteiger partial charge in [0.15, 0.2) is 17.0 Å². The van der Waals surface area contributed by atoms with E-state index in [0.717, 1.165) is 24.1 Å². The molecule has 0 radical (unpaired) electrons. The Bertz CT molecular complexity index is 1870. The van der Waals surface area contributed by atoms with E-state index in [9.17, 15) is 14.4 Å². The van der Waals surface area contributed by atoms with Crippen LogP contribution in [0.15, 0.2) is 41.5 Å². The van der Waals surface area contributed by atoms with Crippen molar-refractivity contribution in [2.45, 2.75) is 71.7 Å². The minimum absolute atomic E-state index is 0.0439. The quantitative estimate of drug-likeness (QED) is 0.0826. The second-order valence-corrected chi connectivity index (χ2v) is 16.0. The van der Waals surface area contributed by atoms with Crippen molar-refractivity contribution in [2.75, 3.05) is 119 Å². The smallest absolute Gasteiger partial charge is 0.407 e. The number of aromatic nitrogens is 2. The van der Waals surface area contributed by atoms with Crippen molar-refractivity contribution in [3.63, 3.8) is 0 Å². The van der Waals surface area contributed by atoms with Gasteiger partial charge in [0.1, 0.15) is 12.2 Å². The predicted molar refractivity (Wildman–Crippen MR) is 234 cm³/mol. The first kappa shape index (κ1) is 51.4. The first-order valence-electron chi connectivity index (χ1n) is 21.8. The van der Waals surface area contributed by atoms with Crippen molar-refractivity contribution in [1.29, 1.82) is 0 Å². The molecule has 0 bridgehead atoms. The number of hydrogen-bond acceptors (Lipinski definition) is 14. The van der Waals surface area contributed by atoms with Gasteiger partial charge in [0.2, 0.25) is 5.91 Å². The lowest BCUT2D eigenvalue weighted by Crippen LogP contribution is -2.34. The number of nitrogens with zero attached hydrogens (tertiary/aromatic N) is 3. The number of likely N-dealkylation sites (N-methyl/N-ethyl adjacent to an activating group) is 1. The molecule has 0 spiro atoms. The summed E-state index contributed by atoms with van der Waals surface area (Å²) in [6, 6.07) is 7.04. The highest BCUT2D eigenvalue weighted by Crippen LogP contribution is 2.38. The topological polar surface area (TPSA) is 179 Å². The highest BCUT2D eigenvalue weighted by atomic mass is 19.1. The molecule has 4 rings (SSSR count). The van der Waals surface area contributed by atoms with Crippen LogP contribution >= 0.6 is 0 Å². The Morgan fingerprint density at radius 2 is 1.38 bits per heavy atom. The lowest BCUT2D eigenvalue weighted by atomic mass is 10.1. The van der Waals surface area contributed by atoms with Crippen molar-refractivity contribution >= 4 is 22.9 Å². The largest absolute Gasteiger partial charge is 0.489 e. The number of pyridine rings is 2. The van der Waals surface area contributed by atoms with Gasteiger partial charge >= 0.3 is 6.09 Å². The molecule has 1 aliphatic rings. The van der Waals surface area contributed by atoms with E-state index >= 15 is 4.39 Å². The van der Waals surface area contributed by atoms with Gasteiger partial charge in [-0.2, -0.15) is 0 Å². The zero-order valence-electron chi connectivity index (χ0n) is 37.7. The number of ether oxygens (including phenoxy) is 9. The third-order valence-corrected chi connectivity index (χ3v) is 9.42. The molecule has 0 unspecified atom stereocenters. The summed E-state index contributed by atoms with van der Waals surface area (Å²) in [5.41, 5.74) is 2.48. The Hall–Kier alpha value is -4.27. The number of carbonyl (C=O) groups excluding carboxylic acids is 2. The molecule has 0 saturated heterocycles. The van der Waals surface area contributed by atoms with E-state index < -0.39 is 17.5 Å². The fraction of sp³-hybridized carbons (Fsp3) is 0.644. The Labute approximate surface area is 370 Å². The van der Waals surface area contributed by atoms with Gasteiger partial charge < -0.3 is 62.7 Å². The molecule has 1 fully saturated rings. The molecule has 0 atom stereocenters. The molecule has 3 aromatic rings. The number of nitrogens with one attached hydrogen (secondary N) is 2. The minimum Gasteiger partial charge on any atom is -0.489 e. The number of fused-ring (bicyclic) bond motifs is 1. The van der Waals surface area contributed by atoms with Gasteiger partial charge in [0.25, 0.3) is 0 Å². The summed E-state index contributed by atoms with van der Waals surface area (Å²) in [4.78, 5) is 43.3. The van der Waals surface area contributed by atoms with Gasteiger partial charge in [-0.3, -0.25) is 14.6 Å². The summed E-state index contributed by atoms with van der Waals surface area (Å²) in [6.45, 7) is 14.7. The molecule has 63 heavy (non-hydrogen) atoms. The highest BCUT2D eigenvalue weighted by Gasteiger charge is 2.26. The van der Waals surface area contributed by atoms with Crippen molar-refractivity contribution in [3.05, 3.63) is 69.5 Å². The number of carbonyl (C=O) groups is 2. The number of halogens is 1. The molecule has 2 heterocycles. The SMILES string of the molecule is Cc1cc(CNCc2cn(C3CC3)c3cc(OCCN(C)C(=O)CCOCCOCCOCCOCCOCCOCCOCCNC(=O)OC(C)(C)C)c(F)cc3c2=O)ccn1. The zero-order valence-corrected chi connectivity index (χ0v) is 37.7. The zero-order chi connectivity index (χ0) is 45.3. The van der Waals surface area contributed by atoms with Crippen molar-refractivity contribution in [1.82, 2.24) is 25.1 Å². The maximum absolute atomic E-state index is 15.3. The van der Waals surface area contributed by atoms with Crippen LogP contribution in [0.25, 0.3) is 10.9 Å². The van der Waals surface area contributed by atoms with Crippen LogP contribution in [0.1, 0.15) is 62.9 Å². The fourth-order valence-electron chi connectivity index (χ4n) is 6.08. The van der Waals surface area contributed by atoms with Crippen LogP contribution in [0.5, 0.6) is 5.75 Å². The summed E-state index contributed by atoms with van der Waals surface area (Å²) >= 11 is 0. The minimum atomic E-state index is -0.620. The van der Waals surface area contributed by atoms with Crippen LogP contribution in [-0.4, -0.2) is 151 Å². The second kappa shape index (κ2) is 28.5. The maximum atomic E-state index is 15.3. The average Bonchev–Trinajstić information content (AvgIpc) is 4.09. The number of rotatable bonds is 33. The van der Waals surface area contributed by atoms with Gasteiger partial charge in [-0.25, -0.2) is 9.18 Å². The predicted octanol–water partition coefficient (Wildman–Crippen LogP) is 4.34. The van der Waals surface area contributed by atoms with E-state index in [-0.39, 0.29) is 49.3 Å². The second-order valence-electron chi connectivity index (χ2n) is 16.0. The molecular weight excluding hydrogens is 822 g/mol. The molecule has 1 aliphatic carbocycles. The van der Waals surface area contributed by atoms with Crippen molar-refractivity contribution in [3.8, 4) is 5.75 Å². The monoisotopic (exact) mass is 889 g/mol. The Balaban J connectivity index is 0.947. The highest BCUT2D eigenvalue weighted by molar-refractivity contribution is 5.81. The van der Waals surface area contributed by atoms with Crippen LogP contribution in [0, 0.1) is 12.7 Å².